The molecule has 9 heteroatoms. The van der Waals surface area contributed by atoms with Crippen LogP contribution in [0.4, 0.5) is 9.52 Å². The van der Waals surface area contributed by atoms with Crippen molar-refractivity contribution in [2.75, 3.05) is 11.9 Å². The summed E-state index contributed by atoms with van der Waals surface area (Å²) in [4.78, 5) is 23.8. The van der Waals surface area contributed by atoms with E-state index < -0.39 is 11.7 Å². The van der Waals surface area contributed by atoms with E-state index in [9.17, 15) is 14.0 Å². The minimum absolute atomic E-state index is 0.294. The Balaban J connectivity index is 1.98. The number of halogens is 1. The number of amides is 1. The topological polar surface area (TPSA) is 81.2 Å². The van der Waals surface area contributed by atoms with Gasteiger partial charge in [-0.25, -0.2) is 4.39 Å². The Morgan fingerprint density at radius 2 is 2.00 bits per heavy atom. The van der Waals surface area contributed by atoms with Crippen LogP contribution in [-0.4, -0.2) is 33.9 Å². The maximum Gasteiger partial charge on any atom is 0.319 e. The number of nitrogens with zero attached hydrogens (tertiary/aromatic N) is 2. The van der Waals surface area contributed by atoms with Crippen molar-refractivity contribution in [3.8, 4) is 0 Å². The Labute approximate surface area is 146 Å². The van der Waals surface area contributed by atoms with Crippen molar-refractivity contribution < 1.29 is 18.7 Å². The number of benzene rings is 1. The Kier molecular flexibility index (Phi) is 6.68. The summed E-state index contributed by atoms with van der Waals surface area (Å²) in [6.45, 7) is 3.96. The number of carbonyl (C=O) groups is 2. The Morgan fingerprint density at radius 1 is 1.29 bits per heavy atom. The quantitative estimate of drug-likeness (QED) is 0.458. The molecule has 0 bridgehead atoms. The molecule has 1 amide bonds. The van der Waals surface area contributed by atoms with Gasteiger partial charge in [-0.05, 0) is 37.6 Å². The third-order valence-corrected chi connectivity index (χ3v) is 5.16. The summed E-state index contributed by atoms with van der Waals surface area (Å²) in [5, 5.41) is 10.4. The highest BCUT2D eigenvalue weighted by Gasteiger charge is 2.21. The molecule has 1 heterocycles. The highest BCUT2D eigenvalue weighted by atomic mass is 32.2. The van der Waals surface area contributed by atoms with Gasteiger partial charge < -0.3 is 4.74 Å². The molecule has 1 atom stereocenters. The van der Waals surface area contributed by atoms with Gasteiger partial charge in [0.05, 0.1) is 6.61 Å². The number of aromatic nitrogens is 2. The van der Waals surface area contributed by atoms with Crippen molar-refractivity contribution in [1.82, 2.24) is 10.2 Å². The first-order valence-electron chi connectivity index (χ1n) is 7.27. The fourth-order valence-electron chi connectivity index (χ4n) is 1.73. The minimum Gasteiger partial charge on any atom is -0.465 e. The molecule has 1 aromatic heterocycles. The second-order valence-electron chi connectivity index (χ2n) is 4.60. The Bertz CT molecular complexity index is 706. The molecule has 0 radical (unpaired) electrons. The largest absolute Gasteiger partial charge is 0.465 e. The van der Waals surface area contributed by atoms with Crippen molar-refractivity contribution in [1.29, 1.82) is 0 Å². The van der Waals surface area contributed by atoms with Crippen molar-refractivity contribution in [3.63, 3.8) is 0 Å². The third kappa shape index (κ3) is 5.00. The standard InChI is InChI=1S/C15H16FN3O3S2/c1-3-11(13(21)22-4-2)23-15-19-18-14(24-15)17-12(20)9-5-7-10(16)8-6-9/h5-8,11H,3-4H2,1-2H3,(H,17,18,20)/t11-/m1/s1. The number of hydrogen-bond donors (Lipinski definition) is 1. The van der Waals surface area contributed by atoms with Gasteiger partial charge in [0.1, 0.15) is 11.1 Å². The van der Waals surface area contributed by atoms with Crippen molar-refractivity contribution in [3.05, 3.63) is 35.6 Å². The molecule has 1 N–H and O–H groups in total. The number of anilines is 1. The van der Waals surface area contributed by atoms with E-state index in [0.29, 0.717) is 28.1 Å². The second-order valence-corrected chi connectivity index (χ2v) is 7.03. The normalized spacial score (nSPS) is 11.8. The predicted octanol–water partition coefficient (Wildman–Crippen LogP) is 3.36. The molecule has 0 aliphatic carbocycles. The van der Waals surface area contributed by atoms with Gasteiger partial charge in [-0.2, -0.15) is 0 Å². The number of nitrogens with one attached hydrogen (secondary N) is 1. The summed E-state index contributed by atoms with van der Waals surface area (Å²) in [5.41, 5.74) is 0.318. The third-order valence-electron chi connectivity index (χ3n) is 2.90. The summed E-state index contributed by atoms with van der Waals surface area (Å²) in [6.07, 6.45) is 0.598. The van der Waals surface area contributed by atoms with Crippen LogP contribution in [0, 0.1) is 5.82 Å². The SMILES string of the molecule is CCOC(=O)[C@@H](CC)Sc1nnc(NC(=O)c2ccc(F)cc2)s1. The van der Waals surface area contributed by atoms with Gasteiger partial charge in [-0.3, -0.25) is 14.9 Å². The fraction of sp³-hybridized carbons (Fsp3) is 0.333. The van der Waals surface area contributed by atoms with Crippen LogP contribution < -0.4 is 5.32 Å². The van der Waals surface area contributed by atoms with Crippen LogP contribution in [0.5, 0.6) is 0 Å². The highest BCUT2D eigenvalue weighted by Crippen LogP contribution is 2.31. The van der Waals surface area contributed by atoms with Gasteiger partial charge in [-0.1, -0.05) is 30.0 Å². The molecule has 2 aromatic rings. The maximum absolute atomic E-state index is 12.9. The summed E-state index contributed by atoms with van der Waals surface area (Å²) in [7, 11) is 0. The molecule has 6 nitrogen and oxygen atoms in total. The number of thioether (sulfide) groups is 1. The monoisotopic (exact) mass is 369 g/mol. The lowest BCUT2D eigenvalue weighted by Gasteiger charge is -2.10. The maximum atomic E-state index is 12.9. The van der Waals surface area contributed by atoms with Crippen LogP contribution in [-0.2, 0) is 9.53 Å². The predicted molar refractivity (Wildman–Crippen MR) is 90.8 cm³/mol. The molecule has 0 fully saturated rings. The number of ether oxygens (including phenoxy) is 1. The molecule has 0 spiro atoms. The van der Waals surface area contributed by atoms with Crippen LogP contribution in [0.3, 0.4) is 0 Å². The molecule has 24 heavy (non-hydrogen) atoms. The number of hydrogen-bond acceptors (Lipinski definition) is 7. The van der Waals surface area contributed by atoms with E-state index in [2.05, 4.69) is 15.5 Å². The lowest BCUT2D eigenvalue weighted by molar-refractivity contribution is -0.142. The molecule has 0 aliphatic heterocycles. The molecule has 128 valence electrons. The molecular weight excluding hydrogens is 353 g/mol. The zero-order valence-corrected chi connectivity index (χ0v) is 14.7. The highest BCUT2D eigenvalue weighted by molar-refractivity contribution is 8.02. The first kappa shape index (κ1) is 18.3. The van der Waals surface area contributed by atoms with E-state index in [0.717, 1.165) is 0 Å². The number of rotatable bonds is 7. The van der Waals surface area contributed by atoms with E-state index in [4.69, 9.17) is 4.74 Å². The van der Waals surface area contributed by atoms with Crippen molar-refractivity contribution in [2.24, 2.45) is 0 Å². The Hall–Kier alpha value is -2.00. The van der Waals surface area contributed by atoms with Crippen LogP contribution in [0.15, 0.2) is 28.6 Å². The zero-order chi connectivity index (χ0) is 17.5. The molecular formula is C15H16FN3O3S2. The fourth-order valence-corrected chi connectivity index (χ4v) is 3.65. The van der Waals surface area contributed by atoms with E-state index in [-0.39, 0.29) is 11.2 Å². The lowest BCUT2D eigenvalue weighted by Crippen LogP contribution is -2.19. The zero-order valence-electron chi connectivity index (χ0n) is 13.1. The van der Waals surface area contributed by atoms with E-state index in [1.165, 1.54) is 47.4 Å². The van der Waals surface area contributed by atoms with Crippen LogP contribution >= 0.6 is 23.1 Å². The smallest absolute Gasteiger partial charge is 0.319 e. The summed E-state index contributed by atoms with van der Waals surface area (Å²) in [6, 6.07) is 5.19. The summed E-state index contributed by atoms with van der Waals surface area (Å²) >= 11 is 2.42. The first-order valence-corrected chi connectivity index (χ1v) is 8.96. The van der Waals surface area contributed by atoms with Crippen LogP contribution in [0.2, 0.25) is 0 Å². The van der Waals surface area contributed by atoms with Crippen molar-refractivity contribution in [2.45, 2.75) is 29.9 Å². The van der Waals surface area contributed by atoms with E-state index in [1.807, 2.05) is 6.92 Å². The lowest BCUT2D eigenvalue weighted by atomic mass is 10.2. The molecule has 0 saturated heterocycles. The van der Waals surface area contributed by atoms with Crippen LogP contribution in [0.1, 0.15) is 30.6 Å². The molecule has 0 saturated carbocycles. The van der Waals surface area contributed by atoms with Crippen molar-refractivity contribution >= 4 is 40.1 Å². The van der Waals surface area contributed by atoms with Gasteiger partial charge in [0, 0.05) is 5.56 Å². The average Bonchev–Trinajstić information content (AvgIpc) is 3.00. The first-order chi connectivity index (χ1) is 11.5. The van der Waals surface area contributed by atoms with Crippen LogP contribution in [0.25, 0.3) is 0 Å². The van der Waals surface area contributed by atoms with Gasteiger partial charge in [0.15, 0.2) is 4.34 Å². The average molecular weight is 369 g/mol. The minimum atomic E-state index is -0.411. The number of carbonyl (C=O) groups excluding carboxylic acids is 2. The summed E-state index contributed by atoms with van der Waals surface area (Å²) in [5.74, 6) is -1.11. The van der Waals surface area contributed by atoms with Gasteiger partial charge in [-0.15, -0.1) is 10.2 Å². The molecule has 0 unspecified atom stereocenters. The van der Waals surface area contributed by atoms with E-state index in [1.54, 1.807) is 6.92 Å². The molecule has 2 rings (SSSR count). The van der Waals surface area contributed by atoms with Gasteiger partial charge in [0.2, 0.25) is 5.13 Å². The van der Waals surface area contributed by atoms with E-state index >= 15 is 0 Å². The van der Waals surface area contributed by atoms with Gasteiger partial charge >= 0.3 is 5.97 Å². The molecule has 0 aliphatic rings. The second kappa shape index (κ2) is 8.74. The van der Waals surface area contributed by atoms with Gasteiger partial charge in [0.25, 0.3) is 5.91 Å². The Morgan fingerprint density at radius 3 is 2.62 bits per heavy atom. The number of esters is 1. The summed E-state index contributed by atoms with van der Waals surface area (Å²) < 4.78 is 18.4. The molecule has 1 aromatic carbocycles.